The number of amides is 1. The summed E-state index contributed by atoms with van der Waals surface area (Å²) < 4.78 is 0. The maximum Gasteiger partial charge on any atom is 0.237 e. The first-order chi connectivity index (χ1) is 7.60. The highest BCUT2D eigenvalue weighted by Gasteiger charge is 2.31. The number of nitrogens with zero attached hydrogens (tertiary/aromatic N) is 4. The van der Waals surface area contributed by atoms with Crippen LogP contribution in [0.3, 0.4) is 0 Å². The van der Waals surface area contributed by atoms with Gasteiger partial charge in [0.15, 0.2) is 0 Å². The average molecular weight is 286 g/mol. The molecule has 1 unspecified atom stereocenters. The number of nitrogens with two attached hydrogens (primary N) is 1. The monoisotopic (exact) mass is 285 g/mol. The van der Waals surface area contributed by atoms with Gasteiger partial charge in [0.25, 0.3) is 0 Å². The van der Waals surface area contributed by atoms with Gasteiger partial charge in [0.2, 0.25) is 17.8 Å². The number of hydrogen-bond acceptors (Lipinski definition) is 5. The molecule has 0 aliphatic carbocycles. The zero-order valence-corrected chi connectivity index (χ0v) is 10.4. The molecule has 0 spiro atoms. The molecule has 16 heavy (non-hydrogen) atoms. The second-order valence-electron chi connectivity index (χ2n) is 3.77. The lowest BCUT2D eigenvalue weighted by Crippen LogP contribution is -2.27. The van der Waals surface area contributed by atoms with Crippen LogP contribution in [0.2, 0.25) is 0 Å². The predicted octanol–water partition coefficient (Wildman–Crippen LogP) is 0.510. The van der Waals surface area contributed by atoms with Crippen LogP contribution in [0.1, 0.15) is 12.2 Å². The number of rotatable bonds is 2. The van der Waals surface area contributed by atoms with E-state index in [0.717, 1.165) is 5.33 Å². The number of halogens is 1. The van der Waals surface area contributed by atoms with Gasteiger partial charge in [0, 0.05) is 18.3 Å². The Bertz CT molecular complexity index is 404. The Labute approximate surface area is 101 Å². The van der Waals surface area contributed by atoms with Crippen molar-refractivity contribution < 1.29 is 4.79 Å². The first-order valence-electron chi connectivity index (χ1n) is 4.94. The smallest absolute Gasteiger partial charge is 0.237 e. The van der Waals surface area contributed by atoms with Crippen LogP contribution in [0.5, 0.6) is 0 Å². The largest absolute Gasteiger partial charge is 0.368 e. The Morgan fingerprint density at radius 3 is 2.81 bits per heavy atom. The summed E-state index contributed by atoms with van der Waals surface area (Å²) in [5.41, 5.74) is 5.53. The number of carbonyl (C=O) groups is 1. The minimum absolute atomic E-state index is 0.0365. The molecule has 1 atom stereocenters. The van der Waals surface area contributed by atoms with Crippen LogP contribution in [0, 0.1) is 12.8 Å². The summed E-state index contributed by atoms with van der Waals surface area (Å²) in [6.45, 7) is 2.36. The van der Waals surface area contributed by atoms with Gasteiger partial charge in [-0.25, -0.2) is 0 Å². The highest BCUT2D eigenvalue weighted by atomic mass is 79.9. The third kappa shape index (κ3) is 2.13. The van der Waals surface area contributed by atoms with E-state index in [1.165, 1.54) is 0 Å². The van der Waals surface area contributed by atoms with Crippen LogP contribution in [0.15, 0.2) is 0 Å². The number of aromatic nitrogens is 3. The van der Waals surface area contributed by atoms with Gasteiger partial charge in [0.05, 0.1) is 0 Å². The lowest BCUT2D eigenvalue weighted by atomic mass is 10.2. The summed E-state index contributed by atoms with van der Waals surface area (Å²) >= 11 is 3.38. The van der Waals surface area contributed by atoms with Gasteiger partial charge in [-0.3, -0.25) is 9.69 Å². The van der Waals surface area contributed by atoms with Crippen molar-refractivity contribution in [2.75, 3.05) is 22.5 Å². The topological polar surface area (TPSA) is 85.0 Å². The molecule has 0 bridgehead atoms. The second kappa shape index (κ2) is 4.32. The minimum atomic E-state index is 0.0365. The van der Waals surface area contributed by atoms with E-state index in [-0.39, 0.29) is 11.9 Å². The number of hydrogen-bond donors (Lipinski definition) is 1. The van der Waals surface area contributed by atoms with E-state index in [0.29, 0.717) is 30.7 Å². The fourth-order valence-corrected chi connectivity index (χ4v) is 2.12. The van der Waals surface area contributed by atoms with Crippen LogP contribution in [0.4, 0.5) is 11.9 Å². The van der Waals surface area contributed by atoms with Crippen LogP contribution < -0.4 is 10.6 Å². The average Bonchev–Trinajstić information content (AvgIpc) is 2.58. The van der Waals surface area contributed by atoms with Crippen LogP contribution >= 0.6 is 15.9 Å². The molecule has 1 aliphatic rings. The molecule has 86 valence electrons. The predicted molar refractivity (Wildman–Crippen MR) is 63.2 cm³/mol. The van der Waals surface area contributed by atoms with E-state index < -0.39 is 0 Å². The third-order valence-electron chi connectivity index (χ3n) is 2.42. The number of carbonyl (C=O) groups excluding carboxylic acids is 1. The number of aryl methyl sites for hydroxylation is 1. The lowest BCUT2D eigenvalue weighted by molar-refractivity contribution is -0.117. The Morgan fingerprint density at radius 1 is 1.50 bits per heavy atom. The molecule has 7 heteroatoms. The van der Waals surface area contributed by atoms with E-state index in [9.17, 15) is 4.79 Å². The molecular weight excluding hydrogens is 274 g/mol. The molecule has 0 aromatic carbocycles. The van der Waals surface area contributed by atoms with Crippen molar-refractivity contribution in [2.45, 2.75) is 13.3 Å². The quantitative estimate of drug-likeness (QED) is 0.801. The molecule has 2 heterocycles. The van der Waals surface area contributed by atoms with Gasteiger partial charge in [-0.2, -0.15) is 15.0 Å². The summed E-state index contributed by atoms with van der Waals surface area (Å²) in [4.78, 5) is 25.3. The van der Waals surface area contributed by atoms with Gasteiger partial charge in [-0.1, -0.05) is 15.9 Å². The highest BCUT2D eigenvalue weighted by molar-refractivity contribution is 9.09. The van der Waals surface area contributed by atoms with Crippen molar-refractivity contribution in [3.05, 3.63) is 5.82 Å². The van der Waals surface area contributed by atoms with Crippen molar-refractivity contribution in [3.63, 3.8) is 0 Å². The first kappa shape index (κ1) is 11.3. The van der Waals surface area contributed by atoms with Crippen molar-refractivity contribution in [1.29, 1.82) is 0 Å². The van der Waals surface area contributed by atoms with Gasteiger partial charge in [0.1, 0.15) is 5.82 Å². The molecule has 6 nitrogen and oxygen atoms in total. The first-order valence-corrected chi connectivity index (χ1v) is 6.06. The Kier molecular flexibility index (Phi) is 3.04. The highest BCUT2D eigenvalue weighted by Crippen LogP contribution is 2.23. The van der Waals surface area contributed by atoms with Crippen LogP contribution in [-0.4, -0.2) is 32.7 Å². The summed E-state index contributed by atoms with van der Waals surface area (Å²) in [6, 6.07) is 0. The molecule has 1 aromatic heterocycles. The minimum Gasteiger partial charge on any atom is -0.368 e. The van der Waals surface area contributed by atoms with E-state index in [2.05, 4.69) is 30.9 Å². The van der Waals surface area contributed by atoms with E-state index in [4.69, 9.17) is 5.73 Å². The van der Waals surface area contributed by atoms with Gasteiger partial charge >= 0.3 is 0 Å². The van der Waals surface area contributed by atoms with E-state index in [1.54, 1.807) is 11.8 Å². The molecule has 0 radical (unpaired) electrons. The van der Waals surface area contributed by atoms with E-state index >= 15 is 0 Å². The van der Waals surface area contributed by atoms with Crippen LogP contribution in [-0.2, 0) is 4.79 Å². The van der Waals surface area contributed by atoms with Crippen molar-refractivity contribution in [2.24, 2.45) is 5.92 Å². The summed E-state index contributed by atoms with van der Waals surface area (Å²) in [7, 11) is 0. The molecule has 1 fully saturated rings. The Balaban J connectivity index is 2.27. The fourth-order valence-electron chi connectivity index (χ4n) is 1.69. The molecular formula is C9H12BrN5O. The maximum absolute atomic E-state index is 11.7. The molecule has 1 aliphatic heterocycles. The van der Waals surface area contributed by atoms with Gasteiger partial charge in [-0.15, -0.1) is 0 Å². The molecule has 2 rings (SSSR count). The summed E-state index contributed by atoms with van der Waals surface area (Å²) in [6.07, 6.45) is 0.524. The Hall–Kier alpha value is -1.24. The SMILES string of the molecule is Cc1nc(N)nc(N2CC(CBr)CC2=O)n1. The molecule has 1 saturated heterocycles. The molecule has 0 saturated carbocycles. The molecule has 1 amide bonds. The van der Waals surface area contributed by atoms with Crippen molar-refractivity contribution in [3.8, 4) is 0 Å². The Morgan fingerprint density at radius 2 is 2.25 bits per heavy atom. The number of alkyl halides is 1. The van der Waals surface area contributed by atoms with Crippen molar-refractivity contribution in [1.82, 2.24) is 15.0 Å². The lowest BCUT2D eigenvalue weighted by Gasteiger charge is -2.14. The van der Waals surface area contributed by atoms with Crippen LogP contribution in [0.25, 0.3) is 0 Å². The fraction of sp³-hybridized carbons (Fsp3) is 0.556. The zero-order chi connectivity index (χ0) is 11.7. The van der Waals surface area contributed by atoms with Gasteiger partial charge in [-0.05, 0) is 12.8 Å². The summed E-state index contributed by atoms with van der Waals surface area (Å²) in [5.74, 6) is 1.38. The van der Waals surface area contributed by atoms with Crippen molar-refractivity contribution >= 4 is 33.7 Å². The number of nitrogen functional groups attached to an aromatic ring is 1. The normalized spacial score (nSPS) is 20.5. The maximum atomic E-state index is 11.7. The zero-order valence-electron chi connectivity index (χ0n) is 8.85. The third-order valence-corrected chi connectivity index (χ3v) is 3.33. The van der Waals surface area contributed by atoms with E-state index in [1.807, 2.05) is 0 Å². The standard InChI is InChI=1S/C9H12BrN5O/c1-5-12-8(11)14-9(13-5)15-4-6(3-10)2-7(15)16/h6H,2-4H2,1H3,(H2,11,12,13,14). The second-order valence-corrected chi connectivity index (χ2v) is 4.42. The molecule has 2 N–H and O–H groups in total. The van der Waals surface area contributed by atoms with Gasteiger partial charge < -0.3 is 5.73 Å². The number of anilines is 2. The molecule has 1 aromatic rings. The summed E-state index contributed by atoms with van der Waals surface area (Å²) in [5, 5.41) is 0.800.